The number of nitrogens with one attached hydrogen (secondary N) is 1. The van der Waals surface area contributed by atoms with Gasteiger partial charge >= 0.3 is 0 Å². The first kappa shape index (κ1) is 15.3. The van der Waals surface area contributed by atoms with E-state index in [0.717, 1.165) is 31.7 Å². The summed E-state index contributed by atoms with van der Waals surface area (Å²) in [5, 5.41) is 13.4. The molecule has 112 valence electrons. The molecule has 0 aromatic heterocycles. The molecule has 0 saturated carbocycles. The summed E-state index contributed by atoms with van der Waals surface area (Å²) in [5.74, 6) is 0.921. The van der Waals surface area contributed by atoms with Crippen LogP contribution < -0.4 is 10.1 Å². The van der Waals surface area contributed by atoms with Crippen LogP contribution >= 0.6 is 0 Å². The predicted octanol–water partition coefficient (Wildman–Crippen LogP) is 2.11. The standard InChI is InChI=1S/C16H25NO3/c1-2-3-9-20-15-6-4-14(5-7-15)11-17-12-16(18)8-10-19-13-16/h4-7,17-18H,2-3,8-13H2,1H3. The van der Waals surface area contributed by atoms with Crippen LogP contribution in [0.1, 0.15) is 31.7 Å². The lowest BCUT2D eigenvalue weighted by molar-refractivity contribution is 0.0268. The maximum absolute atomic E-state index is 10.1. The van der Waals surface area contributed by atoms with Gasteiger partial charge in [0.2, 0.25) is 0 Å². The molecule has 1 heterocycles. The summed E-state index contributed by atoms with van der Waals surface area (Å²) in [7, 11) is 0. The fourth-order valence-electron chi connectivity index (χ4n) is 2.21. The third kappa shape index (κ3) is 4.78. The van der Waals surface area contributed by atoms with E-state index in [9.17, 15) is 5.11 Å². The van der Waals surface area contributed by atoms with Crippen molar-refractivity contribution in [2.24, 2.45) is 0 Å². The fraction of sp³-hybridized carbons (Fsp3) is 0.625. The zero-order valence-electron chi connectivity index (χ0n) is 12.2. The highest BCUT2D eigenvalue weighted by Crippen LogP contribution is 2.17. The first-order chi connectivity index (χ1) is 9.72. The monoisotopic (exact) mass is 279 g/mol. The van der Waals surface area contributed by atoms with Gasteiger partial charge in [-0.15, -0.1) is 0 Å². The molecule has 4 heteroatoms. The van der Waals surface area contributed by atoms with Gasteiger partial charge in [-0.2, -0.15) is 0 Å². The van der Waals surface area contributed by atoms with Crippen molar-refractivity contribution < 1.29 is 14.6 Å². The second kappa shape index (κ2) is 7.62. The van der Waals surface area contributed by atoms with Crippen molar-refractivity contribution in [1.82, 2.24) is 5.32 Å². The summed E-state index contributed by atoms with van der Waals surface area (Å²) in [5.41, 5.74) is 0.499. The molecule has 20 heavy (non-hydrogen) atoms. The normalized spacial score (nSPS) is 22.1. The molecule has 0 spiro atoms. The minimum Gasteiger partial charge on any atom is -0.494 e. The van der Waals surface area contributed by atoms with Crippen molar-refractivity contribution >= 4 is 0 Å². The molecule has 1 atom stereocenters. The fourth-order valence-corrected chi connectivity index (χ4v) is 2.21. The molecule has 1 fully saturated rings. The molecule has 1 aliphatic heterocycles. The Morgan fingerprint density at radius 3 is 2.80 bits per heavy atom. The zero-order valence-corrected chi connectivity index (χ0v) is 12.2. The van der Waals surface area contributed by atoms with Crippen molar-refractivity contribution in [3.05, 3.63) is 29.8 Å². The van der Waals surface area contributed by atoms with E-state index in [-0.39, 0.29) is 0 Å². The minimum atomic E-state index is -0.691. The molecule has 1 aliphatic rings. The molecule has 2 rings (SSSR count). The Kier molecular flexibility index (Phi) is 5.83. The van der Waals surface area contributed by atoms with E-state index in [1.807, 2.05) is 12.1 Å². The molecule has 0 aliphatic carbocycles. The van der Waals surface area contributed by atoms with Gasteiger partial charge in [-0.3, -0.25) is 0 Å². The van der Waals surface area contributed by atoms with Gasteiger partial charge in [-0.25, -0.2) is 0 Å². The molecule has 1 aromatic carbocycles. The van der Waals surface area contributed by atoms with Gasteiger partial charge in [-0.05, 0) is 24.1 Å². The van der Waals surface area contributed by atoms with Gasteiger partial charge in [0.05, 0.1) is 13.2 Å². The van der Waals surface area contributed by atoms with E-state index in [1.165, 1.54) is 5.56 Å². The average molecular weight is 279 g/mol. The molecule has 0 bridgehead atoms. The van der Waals surface area contributed by atoms with Crippen LogP contribution in [0, 0.1) is 0 Å². The number of rotatable bonds is 8. The first-order valence-electron chi connectivity index (χ1n) is 7.44. The van der Waals surface area contributed by atoms with Crippen molar-refractivity contribution in [3.63, 3.8) is 0 Å². The maximum Gasteiger partial charge on any atom is 0.119 e. The molecule has 1 saturated heterocycles. The van der Waals surface area contributed by atoms with E-state index < -0.39 is 5.60 Å². The third-order valence-electron chi connectivity index (χ3n) is 3.56. The predicted molar refractivity (Wildman–Crippen MR) is 78.9 cm³/mol. The van der Waals surface area contributed by atoms with Gasteiger partial charge in [0.25, 0.3) is 0 Å². The number of aliphatic hydroxyl groups is 1. The highest BCUT2D eigenvalue weighted by molar-refractivity contribution is 5.27. The quantitative estimate of drug-likeness (QED) is 0.716. The van der Waals surface area contributed by atoms with E-state index in [2.05, 4.69) is 24.4 Å². The van der Waals surface area contributed by atoms with Gasteiger partial charge in [0.15, 0.2) is 0 Å². The maximum atomic E-state index is 10.1. The van der Waals surface area contributed by atoms with Crippen molar-refractivity contribution in [2.75, 3.05) is 26.4 Å². The molecule has 2 N–H and O–H groups in total. The summed E-state index contributed by atoms with van der Waals surface area (Å²) in [6.45, 7) is 5.34. The van der Waals surface area contributed by atoms with Crippen LogP contribution in [0.2, 0.25) is 0 Å². The van der Waals surface area contributed by atoms with E-state index in [0.29, 0.717) is 26.2 Å². The molecule has 0 radical (unpaired) electrons. The van der Waals surface area contributed by atoms with Crippen LogP contribution in [-0.2, 0) is 11.3 Å². The summed E-state index contributed by atoms with van der Waals surface area (Å²) in [6.07, 6.45) is 2.95. The Balaban J connectivity index is 1.70. The molecule has 0 amide bonds. The summed E-state index contributed by atoms with van der Waals surface area (Å²) in [6, 6.07) is 8.12. The van der Waals surface area contributed by atoms with Gasteiger partial charge in [0.1, 0.15) is 11.4 Å². The Morgan fingerprint density at radius 2 is 2.15 bits per heavy atom. The summed E-state index contributed by atoms with van der Waals surface area (Å²) >= 11 is 0. The number of ether oxygens (including phenoxy) is 2. The number of hydrogen-bond donors (Lipinski definition) is 2. The number of unbranched alkanes of at least 4 members (excludes halogenated alkanes) is 1. The third-order valence-corrected chi connectivity index (χ3v) is 3.56. The van der Waals surface area contributed by atoms with E-state index in [1.54, 1.807) is 0 Å². The minimum absolute atomic E-state index is 0.435. The number of benzene rings is 1. The van der Waals surface area contributed by atoms with Crippen LogP contribution in [-0.4, -0.2) is 37.1 Å². The number of hydrogen-bond acceptors (Lipinski definition) is 4. The van der Waals surface area contributed by atoms with Gasteiger partial charge in [0, 0.05) is 26.1 Å². The summed E-state index contributed by atoms with van der Waals surface area (Å²) < 4.78 is 10.8. The van der Waals surface area contributed by atoms with Gasteiger partial charge < -0.3 is 19.9 Å². The second-order valence-corrected chi connectivity index (χ2v) is 5.48. The van der Waals surface area contributed by atoms with Crippen LogP contribution in [0.25, 0.3) is 0 Å². The highest BCUT2D eigenvalue weighted by Gasteiger charge is 2.31. The molecule has 1 aromatic rings. The largest absolute Gasteiger partial charge is 0.494 e. The summed E-state index contributed by atoms with van der Waals surface area (Å²) in [4.78, 5) is 0. The highest BCUT2D eigenvalue weighted by atomic mass is 16.5. The smallest absolute Gasteiger partial charge is 0.119 e. The van der Waals surface area contributed by atoms with Crippen LogP contribution in [0.15, 0.2) is 24.3 Å². The topological polar surface area (TPSA) is 50.7 Å². The van der Waals surface area contributed by atoms with Crippen molar-refractivity contribution in [3.8, 4) is 5.75 Å². The lowest BCUT2D eigenvalue weighted by Crippen LogP contribution is -2.40. The average Bonchev–Trinajstić information content (AvgIpc) is 2.88. The molecule has 4 nitrogen and oxygen atoms in total. The van der Waals surface area contributed by atoms with Crippen molar-refractivity contribution in [1.29, 1.82) is 0 Å². The first-order valence-corrected chi connectivity index (χ1v) is 7.44. The van der Waals surface area contributed by atoms with Crippen LogP contribution in [0.4, 0.5) is 0 Å². The molecular formula is C16H25NO3. The van der Waals surface area contributed by atoms with E-state index in [4.69, 9.17) is 9.47 Å². The Bertz CT molecular complexity index is 385. The Labute approximate surface area is 121 Å². The lowest BCUT2D eigenvalue weighted by Gasteiger charge is -2.20. The molecule has 1 unspecified atom stereocenters. The van der Waals surface area contributed by atoms with E-state index >= 15 is 0 Å². The SMILES string of the molecule is CCCCOc1ccc(CNCC2(O)CCOC2)cc1. The second-order valence-electron chi connectivity index (χ2n) is 5.48. The van der Waals surface area contributed by atoms with Gasteiger partial charge in [-0.1, -0.05) is 25.5 Å². The molecular weight excluding hydrogens is 254 g/mol. The zero-order chi connectivity index (χ0) is 14.3. The van der Waals surface area contributed by atoms with Crippen LogP contribution in [0.3, 0.4) is 0 Å². The van der Waals surface area contributed by atoms with Crippen LogP contribution in [0.5, 0.6) is 5.75 Å². The lowest BCUT2D eigenvalue weighted by atomic mass is 10.0. The Morgan fingerprint density at radius 1 is 1.35 bits per heavy atom. The Hall–Kier alpha value is -1.10. The van der Waals surface area contributed by atoms with Crippen molar-refractivity contribution in [2.45, 2.75) is 38.3 Å².